The Bertz CT molecular complexity index is 865. The van der Waals surface area contributed by atoms with Gasteiger partial charge in [0.2, 0.25) is 5.91 Å². The van der Waals surface area contributed by atoms with Gasteiger partial charge in [0.1, 0.15) is 10.1 Å². The molecule has 1 N–H and O–H groups in total. The lowest BCUT2D eigenvalue weighted by Crippen LogP contribution is -2.29. The van der Waals surface area contributed by atoms with Crippen molar-refractivity contribution in [1.82, 2.24) is 4.90 Å². The first-order valence-corrected chi connectivity index (χ1v) is 10.2. The first-order valence-electron chi connectivity index (χ1n) is 7.87. The van der Waals surface area contributed by atoms with Crippen LogP contribution < -0.4 is 5.32 Å². The van der Waals surface area contributed by atoms with Gasteiger partial charge in [0.15, 0.2) is 0 Å². The number of thioether (sulfide) groups is 1. The topological polar surface area (TPSA) is 62.6 Å². The van der Waals surface area contributed by atoms with Crippen LogP contribution in [0.5, 0.6) is 0 Å². The highest BCUT2D eigenvalue weighted by atomic mass is 127. The van der Waals surface area contributed by atoms with Crippen LogP contribution in [0, 0.1) is 3.57 Å². The molecule has 0 atom stereocenters. The van der Waals surface area contributed by atoms with Crippen LogP contribution in [0.15, 0.2) is 52.0 Å². The molecule has 1 aromatic carbocycles. The highest BCUT2D eigenvalue weighted by Crippen LogP contribution is 2.32. The third-order valence-electron chi connectivity index (χ3n) is 3.58. The van der Waals surface area contributed by atoms with E-state index in [4.69, 9.17) is 16.6 Å². The Hall–Kier alpha value is -1.65. The molecule has 134 valence electrons. The molecule has 2 heterocycles. The van der Waals surface area contributed by atoms with Crippen LogP contribution in [0.25, 0.3) is 6.08 Å². The highest BCUT2D eigenvalue weighted by Gasteiger charge is 2.31. The molecule has 0 spiro atoms. The van der Waals surface area contributed by atoms with Gasteiger partial charge in [-0.3, -0.25) is 14.5 Å². The van der Waals surface area contributed by atoms with Gasteiger partial charge in [-0.05, 0) is 59.3 Å². The summed E-state index contributed by atoms with van der Waals surface area (Å²) in [7, 11) is 0. The zero-order valence-corrected chi connectivity index (χ0v) is 17.4. The Labute approximate surface area is 174 Å². The lowest BCUT2D eigenvalue weighted by molar-refractivity contribution is -0.122. The summed E-state index contributed by atoms with van der Waals surface area (Å²) in [6.45, 7) is 0.417. The molecule has 3 rings (SSSR count). The first kappa shape index (κ1) is 19.1. The van der Waals surface area contributed by atoms with E-state index in [1.165, 1.54) is 16.7 Å². The predicted molar refractivity (Wildman–Crippen MR) is 116 cm³/mol. The Balaban J connectivity index is 1.51. The number of furan rings is 1. The minimum absolute atomic E-state index is 0.0800. The summed E-state index contributed by atoms with van der Waals surface area (Å²) in [5.41, 5.74) is 0.772. The smallest absolute Gasteiger partial charge is 0.266 e. The summed E-state index contributed by atoms with van der Waals surface area (Å²) >= 11 is 8.73. The lowest BCUT2D eigenvalue weighted by Gasteiger charge is -2.14. The number of anilines is 1. The van der Waals surface area contributed by atoms with Crippen molar-refractivity contribution in [1.29, 1.82) is 0 Å². The number of benzene rings is 1. The molecule has 1 saturated heterocycles. The van der Waals surface area contributed by atoms with Gasteiger partial charge in [-0.1, -0.05) is 30.0 Å². The molecule has 1 fully saturated rings. The van der Waals surface area contributed by atoms with Gasteiger partial charge in [0.05, 0.1) is 11.2 Å². The zero-order valence-electron chi connectivity index (χ0n) is 13.6. The van der Waals surface area contributed by atoms with E-state index >= 15 is 0 Å². The Kier molecular flexibility index (Phi) is 6.49. The number of amides is 2. The standard InChI is InChI=1S/C18H15IN2O3S2/c19-12-4-1-5-13(10-12)20-16(22)7-2-8-21-17(23)15(26-18(21)25)11-14-6-3-9-24-14/h1,3-6,9-11H,2,7-8H2,(H,20,22)/b15-11+. The van der Waals surface area contributed by atoms with Crippen LogP contribution in [-0.2, 0) is 9.59 Å². The SMILES string of the molecule is O=C(CCCN1C(=O)/C(=C\c2ccco2)SC1=S)Nc1cccc(I)c1. The molecule has 1 aromatic heterocycles. The average Bonchev–Trinajstić information content (AvgIpc) is 3.19. The number of carbonyl (C=O) groups is 2. The van der Waals surface area contributed by atoms with E-state index in [0.717, 1.165) is 9.26 Å². The van der Waals surface area contributed by atoms with Crippen molar-refractivity contribution in [2.24, 2.45) is 0 Å². The normalized spacial score (nSPS) is 15.7. The number of nitrogens with zero attached hydrogens (tertiary/aromatic N) is 1. The van der Waals surface area contributed by atoms with E-state index in [9.17, 15) is 9.59 Å². The number of carbonyl (C=O) groups excluding carboxylic acids is 2. The summed E-state index contributed by atoms with van der Waals surface area (Å²) in [6, 6.07) is 11.1. The number of hydrogen-bond donors (Lipinski definition) is 1. The van der Waals surface area contributed by atoms with Crippen LogP contribution in [0.1, 0.15) is 18.6 Å². The first-order chi connectivity index (χ1) is 12.5. The molecule has 1 aliphatic heterocycles. The molecule has 0 bridgehead atoms. The molecule has 0 saturated carbocycles. The molecular formula is C18H15IN2O3S2. The van der Waals surface area contributed by atoms with Gasteiger partial charge >= 0.3 is 0 Å². The second-order valence-corrected chi connectivity index (χ2v) is 8.43. The van der Waals surface area contributed by atoms with E-state index in [0.29, 0.717) is 34.4 Å². The second kappa shape index (κ2) is 8.83. The fourth-order valence-electron chi connectivity index (χ4n) is 2.38. The number of halogens is 1. The fourth-order valence-corrected chi connectivity index (χ4v) is 4.21. The van der Waals surface area contributed by atoms with Gasteiger partial charge in [0, 0.05) is 28.3 Å². The highest BCUT2D eigenvalue weighted by molar-refractivity contribution is 14.1. The van der Waals surface area contributed by atoms with E-state index < -0.39 is 0 Å². The molecule has 1 aliphatic rings. The molecular weight excluding hydrogens is 483 g/mol. The average molecular weight is 498 g/mol. The summed E-state index contributed by atoms with van der Waals surface area (Å²) < 4.78 is 6.80. The third kappa shape index (κ3) is 4.95. The number of rotatable bonds is 6. The van der Waals surface area contributed by atoms with E-state index in [-0.39, 0.29) is 11.8 Å². The number of nitrogens with one attached hydrogen (secondary N) is 1. The van der Waals surface area contributed by atoms with Crippen LogP contribution in [0.3, 0.4) is 0 Å². The number of hydrogen-bond acceptors (Lipinski definition) is 5. The maximum Gasteiger partial charge on any atom is 0.266 e. The third-order valence-corrected chi connectivity index (χ3v) is 5.63. The Morgan fingerprint density at radius 2 is 2.19 bits per heavy atom. The molecule has 2 aromatic rings. The summed E-state index contributed by atoms with van der Waals surface area (Å²) in [5.74, 6) is 0.389. The maximum absolute atomic E-state index is 12.5. The van der Waals surface area contributed by atoms with Crippen molar-refractivity contribution in [2.45, 2.75) is 12.8 Å². The van der Waals surface area contributed by atoms with Crippen molar-refractivity contribution in [2.75, 3.05) is 11.9 Å². The minimum Gasteiger partial charge on any atom is -0.465 e. The Morgan fingerprint density at radius 1 is 1.35 bits per heavy atom. The largest absolute Gasteiger partial charge is 0.465 e. The lowest BCUT2D eigenvalue weighted by atomic mass is 10.2. The van der Waals surface area contributed by atoms with Crippen LogP contribution in [-0.4, -0.2) is 27.6 Å². The summed E-state index contributed by atoms with van der Waals surface area (Å²) in [6.07, 6.45) is 4.10. The maximum atomic E-state index is 12.5. The minimum atomic E-state index is -0.144. The van der Waals surface area contributed by atoms with Crippen LogP contribution in [0.4, 0.5) is 5.69 Å². The van der Waals surface area contributed by atoms with Crippen molar-refractivity contribution in [3.8, 4) is 0 Å². The van der Waals surface area contributed by atoms with Gasteiger partial charge in [-0.25, -0.2) is 0 Å². The molecule has 26 heavy (non-hydrogen) atoms. The zero-order chi connectivity index (χ0) is 18.5. The molecule has 8 heteroatoms. The molecule has 5 nitrogen and oxygen atoms in total. The second-order valence-electron chi connectivity index (χ2n) is 5.51. The van der Waals surface area contributed by atoms with Crippen molar-refractivity contribution < 1.29 is 14.0 Å². The summed E-state index contributed by atoms with van der Waals surface area (Å²) in [5, 5.41) is 2.86. The van der Waals surface area contributed by atoms with Crippen LogP contribution in [0.2, 0.25) is 0 Å². The fraction of sp³-hybridized carbons (Fsp3) is 0.167. The van der Waals surface area contributed by atoms with E-state index in [2.05, 4.69) is 27.9 Å². The number of thiocarbonyl (C=S) groups is 1. The van der Waals surface area contributed by atoms with Gasteiger partial charge in [-0.2, -0.15) is 0 Å². The monoisotopic (exact) mass is 498 g/mol. The van der Waals surface area contributed by atoms with Gasteiger partial charge in [0.25, 0.3) is 5.91 Å². The van der Waals surface area contributed by atoms with Crippen molar-refractivity contribution in [3.05, 3.63) is 56.9 Å². The van der Waals surface area contributed by atoms with Gasteiger partial charge < -0.3 is 9.73 Å². The van der Waals surface area contributed by atoms with Crippen molar-refractivity contribution >= 4 is 74.5 Å². The van der Waals surface area contributed by atoms with Crippen molar-refractivity contribution in [3.63, 3.8) is 0 Å². The van der Waals surface area contributed by atoms with E-state index in [1.807, 2.05) is 24.3 Å². The molecule has 0 aliphatic carbocycles. The molecule has 0 radical (unpaired) electrons. The summed E-state index contributed by atoms with van der Waals surface area (Å²) in [4.78, 5) is 26.6. The quantitative estimate of drug-likeness (QED) is 0.361. The molecule has 0 unspecified atom stereocenters. The predicted octanol–water partition coefficient (Wildman–Crippen LogP) is 4.50. The van der Waals surface area contributed by atoms with E-state index in [1.54, 1.807) is 24.5 Å². The molecule has 2 amide bonds. The Morgan fingerprint density at radius 3 is 2.92 bits per heavy atom. The van der Waals surface area contributed by atoms with Gasteiger partial charge in [-0.15, -0.1) is 0 Å². The van der Waals surface area contributed by atoms with Crippen LogP contribution >= 0.6 is 46.6 Å².